The van der Waals surface area contributed by atoms with Crippen molar-refractivity contribution in [1.29, 1.82) is 0 Å². The van der Waals surface area contributed by atoms with Crippen molar-refractivity contribution < 1.29 is 4.42 Å². The molecule has 0 bridgehead atoms. The number of nitrogens with zero attached hydrogens (tertiary/aromatic N) is 1. The Labute approximate surface area is 145 Å². The largest absolute Gasteiger partial charge is 0.464 e. The number of hydrogen-bond donors (Lipinski definition) is 2. The van der Waals surface area contributed by atoms with Gasteiger partial charge in [-0.25, -0.2) is 0 Å². The first-order valence-corrected chi connectivity index (χ1v) is 8.67. The number of furan rings is 1. The lowest BCUT2D eigenvalue weighted by Crippen LogP contribution is -2.40. The molecule has 3 unspecified atom stereocenters. The van der Waals surface area contributed by atoms with Crippen LogP contribution in [0.1, 0.15) is 42.4 Å². The summed E-state index contributed by atoms with van der Waals surface area (Å²) in [5.41, 5.74) is 1.37. The number of benzene rings is 1. The predicted octanol–water partition coefficient (Wildman–Crippen LogP) is 4.13. The SMILES string of the molecule is CN=C(NC(C)c1ccc(C)o1)NC1CC1c1ccc(Br)cc1. The number of guanidine groups is 1. The van der Waals surface area contributed by atoms with E-state index in [-0.39, 0.29) is 6.04 Å². The van der Waals surface area contributed by atoms with Gasteiger partial charge < -0.3 is 15.1 Å². The molecule has 0 aliphatic heterocycles. The Morgan fingerprint density at radius 2 is 2.00 bits per heavy atom. The molecule has 2 aromatic rings. The summed E-state index contributed by atoms with van der Waals surface area (Å²) in [5.74, 6) is 3.22. The summed E-state index contributed by atoms with van der Waals surface area (Å²) in [6.07, 6.45) is 1.14. The maximum absolute atomic E-state index is 5.66. The third-order valence-corrected chi connectivity index (χ3v) is 4.70. The highest BCUT2D eigenvalue weighted by molar-refractivity contribution is 9.10. The van der Waals surface area contributed by atoms with Gasteiger partial charge in [0.2, 0.25) is 0 Å². The Morgan fingerprint density at radius 3 is 2.61 bits per heavy atom. The lowest BCUT2D eigenvalue weighted by atomic mass is 10.1. The minimum atomic E-state index is 0.0831. The molecule has 2 N–H and O–H groups in total. The number of aliphatic imine (C=N–C) groups is 1. The number of nitrogens with one attached hydrogen (secondary N) is 2. The molecule has 122 valence electrons. The molecule has 3 atom stereocenters. The number of hydrogen-bond acceptors (Lipinski definition) is 2. The van der Waals surface area contributed by atoms with E-state index in [0.717, 1.165) is 28.4 Å². The molecule has 1 aromatic carbocycles. The van der Waals surface area contributed by atoms with E-state index >= 15 is 0 Å². The summed E-state index contributed by atoms with van der Waals surface area (Å²) in [4.78, 5) is 4.33. The molecule has 1 aromatic heterocycles. The van der Waals surface area contributed by atoms with Crippen LogP contribution in [0.2, 0.25) is 0 Å². The second-order valence-corrected chi connectivity index (χ2v) is 6.95. The average Bonchev–Trinajstić information content (AvgIpc) is 3.16. The molecule has 4 nitrogen and oxygen atoms in total. The Hall–Kier alpha value is -1.75. The quantitative estimate of drug-likeness (QED) is 0.623. The molecule has 1 saturated carbocycles. The molecular formula is C18H22BrN3O. The topological polar surface area (TPSA) is 49.6 Å². The van der Waals surface area contributed by atoms with E-state index in [4.69, 9.17) is 4.42 Å². The monoisotopic (exact) mass is 375 g/mol. The Bertz CT molecular complexity index is 693. The molecule has 1 aliphatic carbocycles. The van der Waals surface area contributed by atoms with Crippen LogP contribution < -0.4 is 10.6 Å². The summed E-state index contributed by atoms with van der Waals surface area (Å²) < 4.78 is 6.78. The standard InChI is InChI=1S/C18H22BrN3O/c1-11-4-9-17(23-11)12(2)21-18(20-3)22-16-10-15(16)13-5-7-14(19)8-6-13/h4-9,12,15-16H,10H2,1-3H3,(H2,20,21,22). The van der Waals surface area contributed by atoms with Crippen LogP contribution in [0.4, 0.5) is 0 Å². The van der Waals surface area contributed by atoms with Gasteiger partial charge >= 0.3 is 0 Å². The van der Waals surface area contributed by atoms with E-state index in [0.29, 0.717) is 12.0 Å². The fourth-order valence-electron chi connectivity index (χ4n) is 2.74. The normalized spacial score (nSPS) is 21.8. The number of rotatable bonds is 4. The van der Waals surface area contributed by atoms with Gasteiger partial charge in [-0.15, -0.1) is 0 Å². The molecule has 3 rings (SSSR count). The van der Waals surface area contributed by atoms with Crippen LogP contribution in [0.25, 0.3) is 0 Å². The molecule has 0 spiro atoms. The van der Waals surface area contributed by atoms with Crippen molar-refractivity contribution in [2.75, 3.05) is 7.05 Å². The first-order valence-electron chi connectivity index (χ1n) is 7.88. The first kappa shape index (κ1) is 16.1. The van der Waals surface area contributed by atoms with Crippen molar-refractivity contribution in [3.63, 3.8) is 0 Å². The van der Waals surface area contributed by atoms with E-state index in [9.17, 15) is 0 Å². The smallest absolute Gasteiger partial charge is 0.191 e. The average molecular weight is 376 g/mol. The lowest BCUT2D eigenvalue weighted by Gasteiger charge is -2.16. The van der Waals surface area contributed by atoms with Gasteiger partial charge in [-0.1, -0.05) is 28.1 Å². The molecule has 0 amide bonds. The van der Waals surface area contributed by atoms with Crippen LogP contribution in [0.15, 0.2) is 50.3 Å². The molecule has 0 saturated heterocycles. The molecular weight excluding hydrogens is 354 g/mol. The zero-order valence-corrected chi connectivity index (χ0v) is 15.2. The minimum absolute atomic E-state index is 0.0831. The van der Waals surface area contributed by atoms with E-state index in [1.54, 1.807) is 7.05 Å². The highest BCUT2D eigenvalue weighted by Crippen LogP contribution is 2.41. The van der Waals surface area contributed by atoms with Gasteiger partial charge in [0.1, 0.15) is 11.5 Å². The summed E-state index contributed by atoms with van der Waals surface area (Å²) in [5, 5.41) is 6.88. The number of aryl methyl sites for hydroxylation is 1. The van der Waals surface area contributed by atoms with Gasteiger partial charge in [0.25, 0.3) is 0 Å². The van der Waals surface area contributed by atoms with Gasteiger partial charge in [0, 0.05) is 23.5 Å². The van der Waals surface area contributed by atoms with Crippen molar-refractivity contribution >= 4 is 21.9 Å². The third kappa shape index (κ3) is 3.96. The van der Waals surface area contributed by atoms with Gasteiger partial charge in [0.15, 0.2) is 5.96 Å². The van der Waals surface area contributed by atoms with Crippen LogP contribution in [-0.4, -0.2) is 19.0 Å². The lowest BCUT2D eigenvalue weighted by molar-refractivity contribution is 0.441. The summed E-state index contributed by atoms with van der Waals surface area (Å²) in [6, 6.07) is 13.1. The molecule has 5 heteroatoms. The van der Waals surface area contributed by atoms with E-state index < -0.39 is 0 Å². The highest BCUT2D eigenvalue weighted by atomic mass is 79.9. The van der Waals surface area contributed by atoms with Crippen molar-refractivity contribution in [3.8, 4) is 0 Å². The molecule has 1 heterocycles. The summed E-state index contributed by atoms with van der Waals surface area (Å²) in [7, 11) is 1.80. The zero-order valence-electron chi connectivity index (χ0n) is 13.6. The van der Waals surface area contributed by atoms with Crippen LogP contribution >= 0.6 is 15.9 Å². The van der Waals surface area contributed by atoms with Crippen molar-refractivity contribution in [2.45, 2.75) is 38.3 Å². The van der Waals surface area contributed by atoms with Gasteiger partial charge in [-0.05, 0) is 50.1 Å². The van der Waals surface area contributed by atoms with E-state index in [2.05, 4.69) is 62.7 Å². The van der Waals surface area contributed by atoms with Crippen LogP contribution in [0.5, 0.6) is 0 Å². The third-order valence-electron chi connectivity index (χ3n) is 4.18. The van der Waals surface area contributed by atoms with Crippen LogP contribution in [-0.2, 0) is 0 Å². The van der Waals surface area contributed by atoms with Gasteiger partial charge in [-0.2, -0.15) is 0 Å². The second kappa shape index (κ2) is 6.79. The van der Waals surface area contributed by atoms with Crippen molar-refractivity contribution in [3.05, 3.63) is 58.0 Å². The molecule has 23 heavy (non-hydrogen) atoms. The van der Waals surface area contributed by atoms with Crippen LogP contribution in [0.3, 0.4) is 0 Å². The van der Waals surface area contributed by atoms with E-state index in [1.165, 1.54) is 5.56 Å². The Kier molecular flexibility index (Phi) is 4.76. The second-order valence-electron chi connectivity index (χ2n) is 6.03. The van der Waals surface area contributed by atoms with Crippen molar-refractivity contribution in [1.82, 2.24) is 10.6 Å². The predicted molar refractivity (Wildman–Crippen MR) is 96.8 cm³/mol. The zero-order chi connectivity index (χ0) is 16.4. The molecule has 1 fully saturated rings. The maximum Gasteiger partial charge on any atom is 0.191 e. The minimum Gasteiger partial charge on any atom is -0.464 e. The fraction of sp³-hybridized carbons (Fsp3) is 0.389. The first-order chi connectivity index (χ1) is 11.1. The van der Waals surface area contributed by atoms with Gasteiger partial charge in [-0.3, -0.25) is 4.99 Å². The summed E-state index contributed by atoms with van der Waals surface area (Å²) in [6.45, 7) is 4.03. The molecule has 1 aliphatic rings. The summed E-state index contributed by atoms with van der Waals surface area (Å²) >= 11 is 3.48. The van der Waals surface area contributed by atoms with Crippen LogP contribution in [0, 0.1) is 6.92 Å². The number of halogens is 1. The van der Waals surface area contributed by atoms with Crippen molar-refractivity contribution in [2.24, 2.45) is 4.99 Å². The fourth-order valence-corrected chi connectivity index (χ4v) is 3.01. The van der Waals surface area contributed by atoms with E-state index in [1.807, 2.05) is 19.1 Å². The maximum atomic E-state index is 5.66. The Morgan fingerprint density at radius 1 is 1.26 bits per heavy atom. The highest BCUT2D eigenvalue weighted by Gasteiger charge is 2.39. The Balaban J connectivity index is 1.56. The van der Waals surface area contributed by atoms with Gasteiger partial charge in [0.05, 0.1) is 6.04 Å². The molecule has 0 radical (unpaired) electrons.